The van der Waals surface area contributed by atoms with Gasteiger partial charge in [0.1, 0.15) is 0 Å². The van der Waals surface area contributed by atoms with Gasteiger partial charge in [-0.2, -0.15) is 5.10 Å². The Kier molecular flexibility index (Phi) is 7.29. The number of aromatic nitrogens is 5. The Morgan fingerprint density at radius 1 is 1.05 bits per heavy atom. The summed E-state index contributed by atoms with van der Waals surface area (Å²) in [5, 5.41) is 17.5. The first-order chi connectivity index (χ1) is 20.0. The van der Waals surface area contributed by atoms with Gasteiger partial charge in [0, 0.05) is 32.1 Å². The Labute approximate surface area is 237 Å². The van der Waals surface area contributed by atoms with Gasteiger partial charge in [-0.3, -0.25) is 9.59 Å². The van der Waals surface area contributed by atoms with E-state index in [9.17, 15) is 27.2 Å². The molecule has 0 bridgehead atoms. The van der Waals surface area contributed by atoms with Gasteiger partial charge in [0.05, 0.1) is 37.3 Å². The lowest BCUT2D eigenvalue weighted by molar-refractivity contribution is -0.134. The number of imidazole rings is 1. The molecule has 3 aliphatic carbocycles. The quantitative estimate of drug-likeness (QED) is 0.330. The maximum Gasteiger partial charge on any atom is 0.288 e. The molecule has 2 amide bonds. The van der Waals surface area contributed by atoms with Crippen LogP contribution >= 0.6 is 0 Å². The maximum atomic E-state index is 14.0. The van der Waals surface area contributed by atoms with E-state index in [2.05, 4.69) is 30.7 Å². The Balaban J connectivity index is 1.23. The molecule has 11 nitrogen and oxygen atoms in total. The molecule has 3 saturated carbocycles. The summed E-state index contributed by atoms with van der Waals surface area (Å²) < 4.78 is 65.5. The van der Waals surface area contributed by atoms with Crippen molar-refractivity contribution >= 4 is 17.5 Å². The third-order valence-electron chi connectivity index (χ3n) is 8.48. The molecule has 3 fully saturated rings. The Morgan fingerprint density at radius 2 is 1.76 bits per heavy atom. The van der Waals surface area contributed by atoms with Gasteiger partial charge >= 0.3 is 0 Å². The fourth-order valence-corrected chi connectivity index (χ4v) is 6.05. The Morgan fingerprint density at radius 3 is 2.43 bits per heavy atom. The maximum absolute atomic E-state index is 14.0. The van der Waals surface area contributed by atoms with E-state index >= 15 is 0 Å². The van der Waals surface area contributed by atoms with E-state index in [1.165, 1.54) is 11.6 Å². The van der Waals surface area contributed by atoms with Crippen LogP contribution < -0.4 is 15.4 Å². The van der Waals surface area contributed by atoms with Crippen LogP contribution in [0, 0.1) is 17.8 Å². The van der Waals surface area contributed by atoms with Crippen LogP contribution in [-0.2, 0) is 4.79 Å². The van der Waals surface area contributed by atoms with Crippen LogP contribution in [0.5, 0.6) is 5.88 Å². The van der Waals surface area contributed by atoms with Crippen molar-refractivity contribution in [3.8, 4) is 5.88 Å². The fourth-order valence-electron chi connectivity index (χ4n) is 6.05. The lowest BCUT2D eigenvalue weighted by Crippen LogP contribution is -2.39. The van der Waals surface area contributed by atoms with Gasteiger partial charge in [-0.15, -0.1) is 0 Å². The summed E-state index contributed by atoms with van der Waals surface area (Å²) in [7, 11) is 1.31. The second kappa shape index (κ2) is 10.8. The van der Waals surface area contributed by atoms with E-state index in [-0.39, 0.29) is 86.2 Å². The Hall–Kier alpha value is -3.78. The van der Waals surface area contributed by atoms with E-state index in [0.717, 1.165) is 18.4 Å². The first-order valence-corrected chi connectivity index (χ1v) is 14.1. The first kappa shape index (κ1) is 28.3. The number of nitrogens with zero attached hydrogens (tertiary/aromatic N) is 5. The highest BCUT2D eigenvalue weighted by molar-refractivity contribution is 5.94. The standard InChI is InChI=1S/C27H31F4N7O4/c1-41-25-23(36-42-37-25)24(40)35-22(16-4-6-26(28,29)7-5-16)18-13-38-19(33-18)9-17(12-32-38)21(15-2-3-15)34-20(39)8-14-10-27(30,31)11-14/h9,12-16,21-22H,2-8,10-11H2,1H3,(H,34,39)(H,35,40)/t21?,22-/m0/s1. The molecule has 3 aromatic heterocycles. The summed E-state index contributed by atoms with van der Waals surface area (Å²) >= 11 is 0. The van der Waals surface area contributed by atoms with Gasteiger partial charge < -0.3 is 15.4 Å². The molecule has 2 N–H and O–H groups in total. The predicted octanol–water partition coefficient (Wildman–Crippen LogP) is 4.42. The van der Waals surface area contributed by atoms with Crippen LogP contribution in [0.2, 0.25) is 0 Å². The highest BCUT2D eigenvalue weighted by Gasteiger charge is 2.46. The largest absolute Gasteiger partial charge is 0.477 e. The second-order valence-electron chi connectivity index (χ2n) is 11.7. The third kappa shape index (κ3) is 6.04. The van der Waals surface area contributed by atoms with Gasteiger partial charge in [0.15, 0.2) is 5.65 Å². The normalized spacial score (nSPS) is 21.8. The van der Waals surface area contributed by atoms with E-state index < -0.39 is 23.8 Å². The Bertz CT molecular complexity index is 1460. The van der Waals surface area contributed by atoms with E-state index in [4.69, 9.17) is 9.72 Å². The molecule has 3 aromatic rings. The number of alkyl halides is 4. The van der Waals surface area contributed by atoms with Gasteiger partial charge in [-0.05, 0) is 65.4 Å². The van der Waals surface area contributed by atoms with Crippen LogP contribution in [0.15, 0.2) is 23.1 Å². The summed E-state index contributed by atoms with van der Waals surface area (Å²) in [6.45, 7) is 0. The molecule has 6 rings (SSSR count). The highest BCUT2D eigenvalue weighted by Crippen LogP contribution is 2.45. The monoisotopic (exact) mass is 593 g/mol. The molecule has 0 aromatic carbocycles. The highest BCUT2D eigenvalue weighted by atomic mass is 19.3. The average molecular weight is 594 g/mol. The van der Waals surface area contributed by atoms with Crippen molar-refractivity contribution in [1.29, 1.82) is 0 Å². The minimum Gasteiger partial charge on any atom is -0.477 e. The lowest BCUT2D eigenvalue weighted by atomic mass is 9.79. The predicted molar refractivity (Wildman–Crippen MR) is 137 cm³/mol. The minimum absolute atomic E-state index is 0.0512. The number of halogens is 4. The number of hydrogen-bond acceptors (Lipinski definition) is 8. The van der Waals surface area contributed by atoms with Gasteiger partial charge in [-0.1, -0.05) is 0 Å². The molecule has 0 saturated heterocycles. The lowest BCUT2D eigenvalue weighted by Gasteiger charge is -2.34. The molecule has 42 heavy (non-hydrogen) atoms. The molecule has 226 valence electrons. The number of nitrogens with one attached hydrogen (secondary N) is 2. The summed E-state index contributed by atoms with van der Waals surface area (Å²) in [4.78, 5) is 30.5. The molecular formula is C27H31F4N7O4. The van der Waals surface area contributed by atoms with Crippen molar-refractivity contribution in [2.75, 3.05) is 7.11 Å². The van der Waals surface area contributed by atoms with Crippen LogP contribution in [0.25, 0.3) is 5.65 Å². The van der Waals surface area contributed by atoms with Crippen LogP contribution in [-0.4, -0.2) is 55.7 Å². The molecule has 0 spiro atoms. The molecule has 15 heteroatoms. The van der Waals surface area contributed by atoms with Crippen LogP contribution in [0.1, 0.15) is 91.6 Å². The van der Waals surface area contributed by atoms with Crippen molar-refractivity contribution < 1.29 is 36.5 Å². The number of methoxy groups -OCH3 is 1. The molecule has 0 radical (unpaired) electrons. The number of hydrogen-bond donors (Lipinski definition) is 2. The number of amides is 2. The average Bonchev–Trinajstić information content (AvgIpc) is 3.49. The van der Waals surface area contributed by atoms with E-state index in [1.54, 1.807) is 18.5 Å². The molecular weight excluding hydrogens is 562 g/mol. The number of rotatable bonds is 10. The number of carbonyl (C=O) groups excluding carboxylic acids is 2. The van der Waals surface area contributed by atoms with Gasteiger partial charge in [0.25, 0.3) is 11.8 Å². The zero-order chi connectivity index (χ0) is 29.6. The van der Waals surface area contributed by atoms with Crippen molar-refractivity contribution in [1.82, 2.24) is 35.5 Å². The van der Waals surface area contributed by atoms with Crippen LogP contribution in [0.3, 0.4) is 0 Å². The number of fused-ring (bicyclic) bond motifs is 1. The molecule has 3 aliphatic rings. The van der Waals surface area contributed by atoms with Crippen molar-refractivity contribution in [3.63, 3.8) is 0 Å². The zero-order valence-electron chi connectivity index (χ0n) is 22.9. The van der Waals surface area contributed by atoms with E-state index in [0.29, 0.717) is 11.3 Å². The van der Waals surface area contributed by atoms with Crippen molar-refractivity contribution in [2.24, 2.45) is 17.8 Å². The minimum atomic E-state index is -2.76. The molecule has 1 unspecified atom stereocenters. The topological polar surface area (TPSA) is 137 Å². The smallest absolute Gasteiger partial charge is 0.288 e. The number of ether oxygens (including phenoxy) is 1. The SMILES string of the molecule is COc1nonc1C(=O)N[C@H](c1cn2ncc(C(NC(=O)CC3CC(F)(F)C3)C3CC3)cc2n1)C1CCC(F)(F)CC1. The summed E-state index contributed by atoms with van der Waals surface area (Å²) in [5.41, 5.74) is 1.42. The van der Waals surface area contributed by atoms with E-state index in [1.807, 2.05) is 0 Å². The molecule has 0 aliphatic heterocycles. The molecule has 2 atom stereocenters. The summed E-state index contributed by atoms with van der Waals surface area (Å²) in [5.74, 6) is -6.92. The van der Waals surface area contributed by atoms with Gasteiger partial charge in [-0.25, -0.2) is 31.7 Å². The molecule has 3 heterocycles. The second-order valence-corrected chi connectivity index (χ2v) is 11.7. The zero-order valence-corrected chi connectivity index (χ0v) is 22.9. The summed E-state index contributed by atoms with van der Waals surface area (Å²) in [6, 6.07) is 0.717. The third-order valence-corrected chi connectivity index (χ3v) is 8.48. The summed E-state index contributed by atoms with van der Waals surface area (Å²) in [6.07, 6.45) is 4.32. The first-order valence-electron chi connectivity index (χ1n) is 14.1. The van der Waals surface area contributed by atoms with Crippen molar-refractivity contribution in [3.05, 3.63) is 35.4 Å². The van der Waals surface area contributed by atoms with Gasteiger partial charge in [0.2, 0.25) is 23.4 Å². The fraction of sp³-hybridized carbons (Fsp3) is 0.630. The van der Waals surface area contributed by atoms with Crippen LogP contribution in [0.4, 0.5) is 17.6 Å². The van der Waals surface area contributed by atoms with Crippen molar-refractivity contribution in [2.45, 2.75) is 81.7 Å². The number of carbonyl (C=O) groups is 2.